The van der Waals surface area contributed by atoms with E-state index in [0.29, 0.717) is 18.5 Å². The smallest absolute Gasteiger partial charge is 0.422 e. The zero-order chi connectivity index (χ0) is 15.3. The fourth-order valence-corrected chi connectivity index (χ4v) is 2.05. The molecule has 3 N–H and O–H groups in total. The molecule has 1 aliphatic rings. The van der Waals surface area contributed by atoms with E-state index in [1.807, 2.05) is 0 Å². The van der Waals surface area contributed by atoms with Crippen molar-refractivity contribution in [3.63, 3.8) is 0 Å². The van der Waals surface area contributed by atoms with Gasteiger partial charge in [-0.05, 0) is 12.5 Å². The van der Waals surface area contributed by atoms with Gasteiger partial charge in [-0.2, -0.15) is 13.2 Å². The molecule has 2 heterocycles. The van der Waals surface area contributed by atoms with Gasteiger partial charge in [0.1, 0.15) is 0 Å². The van der Waals surface area contributed by atoms with Crippen molar-refractivity contribution in [3.8, 4) is 5.88 Å². The molecule has 2 atom stereocenters. The van der Waals surface area contributed by atoms with Crippen LogP contribution in [0.1, 0.15) is 12.5 Å². The van der Waals surface area contributed by atoms with Gasteiger partial charge in [0.25, 0.3) is 0 Å². The molecule has 1 aliphatic heterocycles. The molecule has 0 aromatic carbocycles. The van der Waals surface area contributed by atoms with E-state index in [1.54, 1.807) is 6.07 Å². The van der Waals surface area contributed by atoms with Crippen molar-refractivity contribution in [2.75, 3.05) is 19.7 Å². The van der Waals surface area contributed by atoms with E-state index in [-0.39, 0.29) is 5.88 Å². The second-order valence-corrected chi connectivity index (χ2v) is 5.11. The van der Waals surface area contributed by atoms with E-state index in [2.05, 4.69) is 32.8 Å². The lowest BCUT2D eigenvalue weighted by molar-refractivity contribution is -0.154. The molecule has 0 saturated carbocycles. The second kappa shape index (κ2) is 7.06. The average Bonchev–Trinajstić information content (AvgIpc) is 2.83. The topological polar surface area (TPSA) is 58.2 Å². The molecule has 0 bridgehead atoms. The summed E-state index contributed by atoms with van der Waals surface area (Å²) >= 11 is 0. The summed E-state index contributed by atoms with van der Waals surface area (Å²) in [5, 5.41) is 3.31. The minimum atomic E-state index is -4.35. The van der Waals surface area contributed by atoms with Gasteiger partial charge in [0.2, 0.25) is 5.88 Å². The van der Waals surface area contributed by atoms with Gasteiger partial charge < -0.3 is 10.1 Å². The highest BCUT2D eigenvalue weighted by molar-refractivity contribution is 5.17. The van der Waals surface area contributed by atoms with E-state index in [0.717, 1.165) is 18.7 Å². The number of hydrogen-bond acceptors (Lipinski definition) is 5. The van der Waals surface area contributed by atoms with Crippen LogP contribution in [-0.2, 0) is 6.54 Å². The molecule has 0 radical (unpaired) electrons. The Balaban J connectivity index is 1.72. The summed E-state index contributed by atoms with van der Waals surface area (Å²) in [6.07, 6.45) is -2.82. The van der Waals surface area contributed by atoms with E-state index in [1.165, 1.54) is 12.3 Å². The van der Waals surface area contributed by atoms with Crippen molar-refractivity contribution in [3.05, 3.63) is 23.9 Å². The van der Waals surface area contributed by atoms with Crippen LogP contribution >= 0.6 is 0 Å². The zero-order valence-corrected chi connectivity index (χ0v) is 11.7. The number of aromatic nitrogens is 1. The van der Waals surface area contributed by atoms with Gasteiger partial charge in [-0.3, -0.25) is 10.9 Å². The minimum absolute atomic E-state index is 0.0195. The Kier molecular flexibility index (Phi) is 5.38. The summed E-state index contributed by atoms with van der Waals surface area (Å²) in [5.74, 6) is 0.487. The number of hydrazine groups is 1. The number of ether oxygens (including phenoxy) is 1. The Hall–Kier alpha value is -1.38. The van der Waals surface area contributed by atoms with Crippen LogP contribution in [0.25, 0.3) is 0 Å². The predicted octanol–water partition coefficient (Wildman–Crippen LogP) is 1.22. The van der Waals surface area contributed by atoms with Crippen LogP contribution in [0, 0.1) is 5.92 Å². The standard InChI is InChI=1S/C13H19F3N4O/c1-9-11(7-19-20-9)6-17-4-10-2-3-12(18-5-10)21-8-13(14,15)16/h2-3,5,9,11,17,19-20H,4,6-8H2,1H3. The van der Waals surface area contributed by atoms with Gasteiger partial charge in [0.15, 0.2) is 6.61 Å². The maximum absolute atomic E-state index is 12.0. The van der Waals surface area contributed by atoms with Crippen LogP contribution < -0.4 is 20.9 Å². The molecule has 5 nitrogen and oxygen atoms in total. The van der Waals surface area contributed by atoms with Gasteiger partial charge in [-0.25, -0.2) is 4.98 Å². The molecule has 1 aromatic heterocycles. The molecule has 1 fully saturated rings. The van der Waals surface area contributed by atoms with Gasteiger partial charge >= 0.3 is 6.18 Å². The van der Waals surface area contributed by atoms with Crippen LogP contribution in [-0.4, -0.2) is 36.9 Å². The first-order valence-electron chi connectivity index (χ1n) is 6.77. The van der Waals surface area contributed by atoms with Crippen molar-refractivity contribution in [2.24, 2.45) is 5.92 Å². The molecular weight excluding hydrogens is 285 g/mol. The van der Waals surface area contributed by atoms with Gasteiger partial charge in [0.05, 0.1) is 0 Å². The van der Waals surface area contributed by atoms with Crippen LogP contribution in [0.5, 0.6) is 5.88 Å². The highest BCUT2D eigenvalue weighted by Gasteiger charge is 2.28. The molecule has 0 amide bonds. The number of hydrogen-bond donors (Lipinski definition) is 3. The van der Waals surface area contributed by atoms with Crippen LogP contribution in [0.4, 0.5) is 13.2 Å². The summed E-state index contributed by atoms with van der Waals surface area (Å²) in [6.45, 7) is 3.18. The minimum Gasteiger partial charge on any atom is -0.468 e. The molecule has 2 rings (SSSR count). The lowest BCUT2D eigenvalue weighted by atomic mass is 10.0. The maximum Gasteiger partial charge on any atom is 0.422 e. The first-order chi connectivity index (χ1) is 9.94. The monoisotopic (exact) mass is 304 g/mol. The van der Waals surface area contributed by atoms with E-state index < -0.39 is 12.8 Å². The Morgan fingerprint density at radius 3 is 2.81 bits per heavy atom. The third kappa shape index (κ3) is 5.49. The Labute approximate surface area is 121 Å². The van der Waals surface area contributed by atoms with Gasteiger partial charge in [0, 0.05) is 43.9 Å². The number of alkyl halides is 3. The third-order valence-electron chi connectivity index (χ3n) is 3.32. The van der Waals surface area contributed by atoms with Crippen LogP contribution in [0.2, 0.25) is 0 Å². The molecule has 2 unspecified atom stereocenters. The fraction of sp³-hybridized carbons (Fsp3) is 0.615. The third-order valence-corrected chi connectivity index (χ3v) is 3.32. The first kappa shape index (κ1) is 16.0. The number of halogens is 3. The Morgan fingerprint density at radius 1 is 1.43 bits per heavy atom. The summed E-state index contributed by atoms with van der Waals surface area (Å²) < 4.78 is 40.5. The molecule has 118 valence electrons. The van der Waals surface area contributed by atoms with E-state index >= 15 is 0 Å². The molecule has 1 saturated heterocycles. The lowest BCUT2D eigenvalue weighted by Crippen LogP contribution is -2.32. The lowest BCUT2D eigenvalue weighted by Gasteiger charge is -2.14. The Morgan fingerprint density at radius 2 is 2.24 bits per heavy atom. The number of pyridine rings is 1. The molecule has 0 aliphatic carbocycles. The summed E-state index contributed by atoms with van der Waals surface area (Å²) in [7, 11) is 0. The molecule has 21 heavy (non-hydrogen) atoms. The van der Waals surface area contributed by atoms with Crippen molar-refractivity contribution in [1.29, 1.82) is 0 Å². The maximum atomic E-state index is 12.0. The Bertz CT molecular complexity index is 438. The highest BCUT2D eigenvalue weighted by atomic mass is 19.4. The molecule has 1 aromatic rings. The van der Waals surface area contributed by atoms with Crippen molar-refractivity contribution < 1.29 is 17.9 Å². The van der Waals surface area contributed by atoms with Crippen molar-refractivity contribution in [2.45, 2.75) is 25.7 Å². The number of rotatable bonds is 6. The predicted molar refractivity (Wildman–Crippen MR) is 71.6 cm³/mol. The van der Waals surface area contributed by atoms with E-state index in [9.17, 15) is 13.2 Å². The normalized spacial score (nSPS) is 22.5. The average molecular weight is 304 g/mol. The fourth-order valence-electron chi connectivity index (χ4n) is 2.05. The highest BCUT2D eigenvalue weighted by Crippen LogP contribution is 2.17. The van der Waals surface area contributed by atoms with Gasteiger partial charge in [-0.15, -0.1) is 0 Å². The number of nitrogens with one attached hydrogen (secondary N) is 3. The van der Waals surface area contributed by atoms with Crippen LogP contribution in [0.3, 0.4) is 0 Å². The number of nitrogens with zero attached hydrogens (tertiary/aromatic N) is 1. The molecule has 0 spiro atoms. The summed E-state index contributed by atoms with van der Waals surface area (Å²) in [4.78, 5) is 3.86. The van der Waals surface area contributed by atoms with Crippen molar-refractivity contribution in [1.82, 2.24) is 21.2 Å². The first-order valence-corrected chi connectivity index (χ1v) is 6.77. The van der Waals surface area contributed by atoms with Crippen molar-refractivity contribution >= 4 is 0 Å². The van der Waals surface area contributed by atoms with Crippen LogP contribution in [0.15, 0.2) is 18.3 Å². The zero-order valence-electron chi connectivity index (χ0n) is 11.7. The molecular formula is C13H19F3N4O. The SMILES string of the molecule is CC1NNCC1CNCc1ccc(OCC(F)(F)F)nc1. The summed E-state index contributed by atoms with van der Waals surface area (Å²) in [6, 6.07) is 3.57. The van der Waals surface area contributed by atoms with E-state index in [4.69, 9.17) is 0 Å². The second-order valence-electron chi connectivity index (χ2n) is 5.11. The molecule has 8 heteroatoms. The summed E-state index contributed by atoms with van der Waals surface area (Å²) in [5.41, 5.74) is 7.14. The quantitative estimate of drug-likeness (QED) is 0.738. The largest absolute Gasteiger partial charge is 0.468 e. The van der Waals surface area contributed by atoms with Gasteiger partial charge in [-0.1, -0.05) is 6.07 Å².